The molecule has 0 aliphatic rings. The molecule has 0 rings (SSSR count). The number of hydrogen-bond donors (Lipinski definition) is 0. The molecule has 0 saturated carbocycles. The molecular weight excluding hydrogens is 422 g/mol. The van der Waals surface area contributed by atoms with Gasteiger partial charge < -0.3 is 0 Å². The number of unbranched alkanes of at least 4 members (excludes halogenated alkanes) is 2. The summed E-state index contributed by atoms with van der Waals surface area (Å²) in [5, 5.41) is 0. The first-order valence-electron chi connectivity index (χ1n) is 4.50. The summed E-state index contributed by atoms with van der Waals surface area (Å²) in [6.07, 6.45) is 5.60. The Labute approximate surface area is 90.7 Å². The molecule has 0 N–H and O–H groups in total. The average molecular weight is 440 g/mol. The van der Waals surface area contributed by atoms with Crippen molar-refractivity contribution in [1.29, 1.82) is 0 Å². The summed E-state index contributed by atoms with van der Waals surface area (Å²) in [5.41, 5.74) is 0. The third kappa shape index (κ3) is 8.34. The summed E-state index contributed by atoms with van der Waals surface area (Å²) in [4.78, 5) is 0. The number of hydrogen-bond acceptors (Lipinski definition) is 0. The Bertz CT molecular complexity index is 86.1. The van der Waals surface area contributed by atoms with Gasteiger partial charge in [0.05, 0.1) is 0 Å². The van der Waals surface area contributed by atoms with E-state index in [0.29, 0.717) is 0 Å². The van der Waals surface area contributed by atoms with E-state index in [1.807, 2.05) is 0 Å². The molecule has 11 heavy (non-hydrogen) atoms. The van der Waals surface area contributed by atoms with Gasteiger partial charge >= 0.3 is 91.9 Å². The van der Waals surface area contributed by atoms with Crippen LogP contribution in [0.3, 0.4) is 0 Å². The normalized spacial score (nSPS) is 12.0. The zero-order chi connectivity index (χ0) is 8.74. The fraction of sp³-hybridized carbons (Fsp3) is 1.00. The first kappa shape index (κ1) is 13.0. The number of halogens is 2. The van der Waals surface area contributed by atoms with Gasteiger partial charge in [-0.2, -0.15) is 0 Å². The third-order valence-electron chi connectivity index (χ3n) is 1.79. The molecule has 0 radical (unpaired) electrons. The quantitative estimate of drug-likeness (QED) is 0.410. The standard InChI is InChI=1S/2C4H9.BrH.HI.Sn/c2*1-3-4-2;;;/h2*1,3-4H2,2H3;2*1H;/q;;;;+2/p-2. The fourth-order valence-electron chi connectivity index (χ4n) is 0.996. The first-order valence-corrected chi connectivity index (χ1v) is 23.2. The van der Waals surface area contributed by atoms with Gasteiger partial charge in [-0.05, 0) is 0 Å². The van der Waals surface area contributed by atoms with Crippen molar-refractivity contribution < 1.29 is 0 Å². The molecule has 0 aromatic carbocycles. The molecule has 0 nitrogen and oxygen atoms in total. The molecule has 0 spiro atoms. The molecule has 0 aliphatic carbocycles. The zero-order valence-corrected chi connectivity index (χ0v) is 14.1. The first-order chi connectivity index (χ1) is 5.12. The van der Waals surface area contributed by atoms with Gasteiger partial charge in [0.1, 0.15) is 0 Å². The Morgan fingerprint density at radius 1 is 1.09 bits per heavy atom. The Hall–Kier alpha value is 2.01. The van der Waals surface area contributed by atoms with Crippen molar-refractivity contribution in [2.24, 2.45) is 0 Å². The van der Waals surface area contributed by atoms with Crippen LogP contribution in [-0.4, -0.2) is 12.2 Å². The van der Waals surface area contributed by atoms with Crippen molar-refractivity contribution in [3.63, 3.8) is 0 Å². The predicted octanol–water partition coefficient (Wildman–Crippen LogP) is 4.86. The molecule has 0 heterocycles. The van der Waals surface area contributed by atoms with Crippen molar-refractivity contribution in [3.8, 4) is 0 Å². The summed E-state index contributed by atoms with van der Waals surface area (Å²) in [6, 6.07) is 0. The summed E-state index contributed by atoms with van der Waals surface area (Å²) in [6.45, 7) is 4.57. The van der Waals surface area contributed by atoms with Crippen molar-refractivity contribution in [2.45, 2.75) is 48.4 Å². The van der Waals surface area contributed by atoms with Crippen LogP contribution in [0.2, 0.25) is 8.87 Å². The van der Waals surface area contributed by atoms with Crippen molar-refractivity contribution in [2.75, 3.05) is 0 Å². The number of rotatable bonds is 6. The van der Waals surface area contributed by atoms with Crippen LogP contribution in [0, 0.1) is 0 Å². The van der Waals surface area contributed by atoms with Gasteiger partial charge in [-0.15, -0.1) is 0 Å². The van der Waals surface area contributed by atoms with Gasteiger partial charge in [0.15, 0.2) is 0 Å². The van der Waals surface area contributed by atoms with E-state index in [-0.39, 0.29) is 0 Å². The van der Waals surface area contributed by atoms with E-state index < -0.39 is 12.2 Å². The van der Waals surface area contributed by atoms with E-state index in [0.717, 1.165) is 0 Å². The van der Waals surface area contributed by atoms with Crippen LogP contribution in [0.4, 0.5) is 0 Å². The van der Waals surface area contributed by atoms with E-state index in [1.54, 1.807) is 0 Å². The molecular formula is C8H18BrISn. The maximum atomic E-state index is 3.98. The van der Waals surface area contributed by atoms with E-state index in [2.05, 4.69) is 45.2 Å². The monoisotopic (exact) mass is 440 g/mol. The minimum absolute atomic E-state index is 1.36. The predicted molar refractivity (Wildman–Crippen MR) is 68.1 cm³/mol. The van der Waals surface area contributed by atoms with Gasteiger partial charge in [0.25, 0.3) is 0 Å². The molecule has 0 fully saturated rings. The van der Waals surface area contributed by atoms with Gasteiger partial charge in [-0.1, -0.05) is 0 Å². The molecule has 0 amide bonds. The summed E-state index contributed by atoms with van der Waals surface area (Å²) < 4.78 is 3.04. The SMILES string of the molecule is CCC[CH2][Sn]([Br])([I])[CH2]CCC. The summed E-state index contributed by atoms with van der Waals surface area (Å²) in [7, 11) is 0. The van der Waals surface area contributed by atoms with Crippen LogP contribution in [-0.2, 0) is 0 Å². The summed E-state index contributed by atoms with van der Waals surface area (Å²) >= 11 is 5.08. The Kier molecular flexibility index (Phi) is 8.77. The van der Waals surface area contributed by atoms with E-state index in [9.17, 15) is 0 Å². The van der Waals surface area contributed by atoms with Crippen LogP contribution in [0.25, 0.3) is 0 Å². The van der Waals surface area contributed by atoms with Crippen molar-refractivity contribution in [3.05, 3.63) is 0 Å². The van der Waals surface area contributed by atoms with Gasteiger partial charge in [0, 0.05) is 0 Å². The van der Waals surface area contributed by atoms with Gasteiger partial charge in [-0.3, -0.25) is 0 Å². The van der Waals surface area contributed by atoms with Crippen molar-refractivity contribution in [1.82, 2.24) is 0 Å². The second-order valence-corrected chi connectivity index (χ2v) is 44.8. The van der Waals surface area contributed by atoms with Gasteiger partial charge in [0.2, 0.25) is 0 Å². The molecule has 0 aromatic heterocycles. The summed E-state index contributed by atoms with van der Waals surface area (Å²) in [5.74, 6) is 0. The maximum absolute atomic E-state index is 3.98. The van der Waals surface area contributed by atoms with Crippen LogP contribution < -0.4 is 0 Å². The molecule has 0 atom stereocenters. The van der Waals surface area contributed by atoms with E-state index in [1.165, 1.54) is 34.6 Å². The van der Waals surface area contributed by atoms with Crippen LogP contribution >= 0.6 is 31.3 Å². The molecule has 0 unspecified atom stereocenters. The minimum atomic E-state index is -1.65. The topological polar surface area (TPSA) is 0 Å². The second kappa shape index (κ2) is 7.42. The fourth-order valence-corrected chi connectivity index (χ4v) is 15.6. The Morgan fingerprint density at radius 3 is 1.73 bits per heavy atom. The third-order valence-corrected chi connectivity index (χ3v) is 20.5. The molecule has 0 aliphatic heterocycles. The molecule has 0 bridgehead atoms. The molecule has 0 aromatic rings. The van der Waals surface area contributed by atoms with Gasteiger partial charge in [-0.25, -0.2) is 0 Å². The Balaban J connectivity index is 3.43. The second-order valence-electron chi connectivity index (χ2n) is 3.06. The van der Waals surface area contributed by atoms with Crippen LogP contribution in [0.1, 0.15) is 39.5 Å². The zero-order valence-electron chi connectivity index (χ0n) is 7.50. The average Bonchev–Trinajstić information content (AvgIpc) is 1.97. The van der Waals surface area contributed by atoms with Crippen molar-refractivity contribution >= 4 is 43.5 Å². The van der Waals surface area contributed by atoms with E-state index in [4.69, 9.17) is 0 Å². The van der Waals surface area contributed by atoms with E-state index >= 15 is 0 Å². The molecule has 3 heteroatoms. The van der Waals surface area contributed by atoms with Crippen LogP contribution in [0.5, 0.6) is 0 Å². The molecule has 68 valence electrons. The van der Waals surface area contributed by atoms with Crippen LogP contribution in [0.15, 0.2) is 0 Å². The Morgan fingerprint density at radius 2 is 1.45 bits per heavy atom. The molecule has 0 saturated heterocycles.